The second-order valence-electron chi connectivity index (χ2n) is 5.89. The lowest BCUT2D eigenvalue weighted by molar-refractivity contribution is 0.0918. The van der Waals surface area contributed by atoms with Crippen molar-refractivity contribution in [1.29, 1.82) is 0 Å². The fourth-order valence-electron chi connectivity index (χ4n) is 2.98. The second kappa shape index (κ2) is 8.25. The van der Waals surface area contributed by atoms with Crippen LogP contribution in [0.4, 0.5) is 4.39 Å². The highest BCUT2D eigenvalue weighted by Gasteiger charge is 2.33. The topological polar surface area (TPSA) is 15.3 Å². The largest absolute Gasteiger partial charge is 0.312 e. The molecular formula is C17H28BrFN2. The zero-order valence-electron chi connectivity index (χ0n) is 13.8. The number of halogens is 2. The maximum Gasteiger partial charge on any atom is 0.137 e. The van der Waals surface area contributed by atoms with E-state index < -0.39 is 0 Å². The van der Waals surface area contributed by atoms with Gasteiger partial charge in [0.2, 0.25) is 0 Å². The predicted octanol–water partition coefficient (Wildman–Crippen LogP) is 4.23. The lowest BCUT2D eigenvalue weighted by atomic mass is 9.87. The summed E-state index contributed by atoms with van der Waals surface area (Å²) in [6.45, 7) is 14.1. The van der Waals surface area contributed by atoms with Crippen LogP contribution in [0.3, 0.4) is 0 Å². The molecule has 0 aliphatic rings. The molecule has 21 heavy (non-hydrogen) atoms. The minimum atomic E-state index is -0.207. The van der Waals surface area contributed by atoms with E-state index in [1.165, 1.54) is 6.07 Å². The molecule has 0 spiro atoms. The molecule has 1 aromatic carbocycles. The number of likely N-dealkylation sites (N-methyl/N-ethyl adjacent to an activating group) is 2. The van der Waals surface area contributed by atoms with Gasteiger partial charge in [0.25, 0.3) is 0 Å². The van der Waals surface area contributed by atoms with Crippen molar-refractivity contribution in [3.8, 4) is 0 Å². The van der Waals surface area contributed by atoms with Crippen LogP contribution in [0.1, 0.15) is 40.2 Å². The molecule has 0 bridgehead atoms. The van der Waals surface area contributed by atoms with Gasteiger partial charge in [-0.3, -0.25) is 4.90 Å². The number of nitrogens with one attached hydrogen (secondary N) is 1. The predicted molar refractivity (Wildman–Crippen MR) is 92.3 cm³/mol. The molecule has 0 radical (unpaired) electrons. The number of rotatable bonds is 8. The van der Waals surface area contributed by atoms with E-state index >= 15 is 0 Å². The van der Waals surface area contributed by atoms with Crippen LogP contribution in [0.2, 0.25) is 0 Å². The summed E-state index contributed by atoms with van der Waals surface area (Å²) in [5.74, 6) is -0.207. The van der Waals surface area contributed by atoms with Crippen LogP contribution < -0.4 is 5.32 Å². The highest BCUT2D eigenvalue weighted by Crippen LogP contribution is 2.24. The van der Waals surface area contributed by atoms with E-state index in [0.29, 0.717) is 10.5 Å². The van der Waals surface area contributed by atoms with Crippen molar-refractivity contribution >= 4 is 15.9 Å². The van der Waals surface area contributed by atoms with E-state index in [2.05, 4.69) is 60.8 Å². The van der Waals surface area contributed by atoms with Gasteiger partial charge in [0.1, 0.15) is 5.82 Å². The zero-order valence-corrected chi connectivity index (χ0v) is 15.4. The lowest BCUT2D eigenvalue weighted by Gasteiger charge is -2.44. The van der Waals surface area contributed by atoms with Crippen molar-refractivity contribution < 1.29 is 4.39 Å². The molecule has 0 saturated heterocycles. The summed E-state index contributed by atoms with van der Waals surface area (Å²) in [7, 11) is 0. The summed E-state index contributed by atoms with van der Waals surface area (Å²) < 4.78 is 13.9. The first-order chi connectivity index (χ1) is 9.86. The Morgan fingerprint density at radius 1 is 1.24 bits per heavy atom. The van der Waals surface area contributed by atoms with Crippen LogP contribution in [0.15, 0.2) is 22.7 Å². The van der Waals surface area contributed by atoms with Gasteiger partial charge in [-0.25, -0.2) is 4.39 Å². The van der Waals surface area contributed by atoms with Crippen molar-refractivity contribution in [3.63, 3.8) is 0 Å². The van der Waals surface area contributed by atoms with Gasteiger partial charge >= 0.3 is 0 Å². The van der Waals surface area contributed by atoms with Gasteiger partial charge in [-0.15, -0.1) is 0 Å². The third kappa shape index (κ3) is 4.76. The van der Waals surface area contributed by atoms with E-state index in [9.17, 15) is 4.39 Å². The molecule has 0 heterocycles. The van der Waals surface area contributed by atoms with Crippen LogP contribution >= 0.6 is 15.9 Å². The minimum absolute atomic E-state index is 0.0420. The van der Waals surface area contributed by atoms with E-state index in [-0.39, 0.29) is 11.4 Å². The first-order valence-corrected chi connectivity index (χ1v) is 8.58. The smallest absolute Gasteiger partial charge is 0.137 e. The summed E-state index contributed by atoms with van der Waals surface area (Å²) >= 11 is 3.28. The Labute approximate surface area is 137 Å². The van der Waals surface area contributed by atoms with Gasteiger partial charge in [-0.2, -0.15) is 0 Å². The molecule has 120 valence electrons. The Balaban J connectivity index is 2.97. The third-order valence-corrected chi connectivity index (χ3v) is 4.91. The van der Waals surface area contributed by atoms with Crippen LogP contribution in [-0.4, -0.2) is 36.1 Å². The van der Waals surface area contributed by atoms with Gasteiger partial charge in [0.05, 0.1) is 4.47 Å². The molecule has 1 atom stereocenters. The summed E-state index contributed by atoms with van der Waals surface area (Å²) in [5, 5.41) is 3.60. The number of nitrogens with zero attached hydrogens (tertiary/aromatic N) is 1. The summed E-state index contributed by atoms with van der Waals surface area (Å²) in [5.41, 5.74) is 1.19. The average molecular weight is 359 g/mol. The van der Waals surface area contributed by atoms with Crippen LogP contribution in [0.5, 0.6) is 0 Å². The molecular weight excluding hydrogens is 331 g/mol. The molecule has 1 aromatic rings. The molecule has 0 aliphatic carbocycles. The molecule has 1 rings (SSSR count). The monoisotopic (exact) mass is 358 g/mol. The molecule has 2 nitrogen and oxygen atoms in total. The first-order valence-electron chi connectivity index (χ1n) is 7.79. The maximum atomic E-state index is 13.4. The SMILES string of the molecule is CCNC(Cc1ccc(F)c(Br)c1)C(C)(C)N(CC)CC. The van der Waals surface area contributed by atoms with E-state index in [1.807, 2.05) is 12.1 Å². The normalized spacial score (nSPS) is 13.7. The minimum Gasteiger partial charge on any atom is -0.312 e. The highest BCUT2D eigenvalue weighted by atomic mass is 79.9. The molecule has 1 unspecified atom stereocenters. The second-order valence-corrected chi connectivity index (χ2v) is 6.74. The molecule has 0 aromatic heterocycles. The quantitative estimate of drug-likeness (QED) is 0.747. The Morgan fingerprint density at radius 2 is 1.86 bits per heavy atom. The van der Waals surface area contributed by atoms with Crippen LogP contribution in [0, 0.1) is 5.82 Å². The molecule has 0 amide bonds. The van der Waals surface area contributed by atoms with Gasteiger partial charge in [0.15, 0.2) is 0 Å². The van der Waals surface area contributed by atoms with Gasteiger partial charge < -0.3 is 5.32 Å². The number of hydrogen-bond donors (Lipinski definition) is 1. The summed E-state index contributed by atoms with van der Waals surface area (Å²) in [4.78, 5) is 2.47. The van der Waals surface area contributed by atoms with E-state index in [1.54, 1.807) is 0 Å². The van der Waals surface area contributed by atoms with Crippen molar-refractivity contribution in [2.45, 2.75) is 52.6 Å². The third-order valence-electron chi connectivity index (χ3n) is 4.31. The van der Waals surface area contributed by atoms with Crippen molar-refractivity contribution in [3.05, 3.63) is 34.1 Å². The van der Waals surface area contributed by atoms with E-state index in [0.717, 1.165) is 31.6 Å². The highest BCUT2D eigenvalue weighted by molar-refractivity contribution is 9.10. The molecule has 0 fully saturated rings. The Kier molecular flexibility index (Phi) is 7.31. The standard InChI is InChI=1S/C17H28BrFN2/c1-6-20-16(17(4,5)21(7-2)8-3)12-13-9-10-15(19)14(18)11-13/h9-11,16,20H,6-8,12H2,1-5H3. The maximum absolute atomic E-state index is 13.4. The molecule has 0 saturated carbocycles. The van der Waals surface area contributed by atoms with Crippen molar-refractivity contribution in [2.24, 2.45) is 0 Å². The Hall–Kier alpha value is -0.450. The molecule has 0 aliphatic heterocycles. The van der Waals surface area contributed by atoms with Gasteiger partial charge in [0, 0.05) is 11.6 Å². The Morgan fingerprint density at radius 3 is 2.33 bits per heavy atom. The summed E-state index contributed by atoms with van der Waals surface area (Å²) in [6, 6.07) is 5.62. The first kappa shape index (κ1) is 18.6. The van der Waals surface area contributed by atoms with Gasteiger partial charge in [-0.05, 0) is 73.5 Å². The Bertz CT molecular complexity index is 444. The lowest BCUT2D eigenvalue weighted by Crippen LogP contribution is -2.58. The summed E-state index contributed by atoms with van der Waals surface area (Å²) in [6.07, 6.45) is 0.885. The van der Waals surface area contributed by atoms with E-state index in [4.69, 9.17) is 0 Å². The van der Waals surface area contributed by atoms with Crippen LogP contribution in [0.25, 0.3) is 0 Å². The number of hydrogen-bond acceptors (Lipinski definition) is 2. The zero-order chi connectivity index (χ0) is 16.0. The van der Waals surface area contributed by atoms with Crippen molar-refractivity contribution in [1.82, 2.24) is 10.2 Å². The fraction of sp³-hybridized carbons (Fsp3) is 0.647. The molecule has 4 heteroatoms. The fourth-order valence-corrected chi connectivity index (χ4v) is 3.41. The van der Waals surface area contributed by atoms with Crippen molar-refractivity contribution in [2.75, 3.05) is 19.6 Å². The van der Waals surface area contributed by atoms with Gasteiger partial charge in [-0.1, -0.05) is 26.8 Å². The average Bonchev–Trinajstić information content (AvgIpc) is 2.43. The molecule has 1 N–H and O–H groups in total. The van der Waals surface area contributed by atoms with Crippen LogP contribution in [-0.2, 0) is 6.42 Å². The number of benzene rings is 1.